The number of phenols is 1. The predicted molar refractivity (Wildman–Crippen MR) is 76.5 cm³/mol. The summed E-state index contributed by atoms with van der Waals surface area (Å²) in [6, 6.07) is 13.7. The van der Waals surface area contributed by atoms with E-state index in [-0.39, 0.29) is 0 Å². The normalized spacial score (nSPS) is 12.3. The Balaban J connectivity index is 2.74. The lowest BCUT2D eigenvalue weighted by Crippen LogP contribution is -2.22. The number of phenolic OH excluding ortho intramolecular Hbond substituents is 1. The van der Waals surface area contributed by atoms with Gasteiger partial charge in [0.05, 0.1) is 0 Å². The highest BCUT2D eigenvalue weighted by Crippen LogP contribution is 2.38. The van der Waals surface area contributed by atoms with Gasteiger partial charge in [-0.15, -0.1) is 0 Å². The first kappa shape index (κ1) is 14.6. The molecule has 0 saturated carbocycles. The highest BCUT2D eigenvalue weighted by atomic mass is 32.2. The Bertz CT molecular complexity index is 719. The largest absolute Gasteiger partial charge is 0.506 e. The van der Waals surface area contributed by atoms with Crippen molar-refractivity contribution in [2.24, 2.45) is 0 Å². The van der Waals surface area contributed by atoms with E-state index in [0.29, 0.717) is 5.56 Å². The van der Waals surface area contributed by atoms with Crippen LogP contribution in [0.2, 0.25) is 0 Å². The molecule has 2 rings (SSSR count). The van der Waals surface area contributed by atoms with Crippen LogP contribution in [-0.2, 0) is 15.5 Å². The Morgan fingerprint density at radius 1 is 0.950 bits per heavy atom. The summed E-state index contributed by atoms with van der Waals surface area (Å²) in [6.45, 7) is 3.68. The number of hydrogen-bond acceptors (Lipinski definition) is 3. The van der Waals surface area contributed by atoms with Gasteiger partial charge in [-0.3, -0.25) is 4.55 Å². The van der Waals surface area contributed by atoms with Crippen molar-refractivity contribution in [3.63, 3.8) is 0 Å². The quantitative estimate of drug-likeness (QED) is 0.853. The van der Waals surface area contributed by atoms with E-state index in [1.54, 1.807) is 12.1 Å². The molecule has 0 saturated heterocycles. The Morgan fingerprint density at radius 2 is 1.55 bits per heavy atom. The van der Waals surface area contributed by atoms with Crippen LogP contribution in [0.15, 0.2) is 53.4 Å². The molecule has 2 aromatic rings. The molecule has 0 aliphatic rings. The van der Waals surface area contributed by atoms with Gasteiger partial charge in [-0.05, 0) is 17.2 Å². The van der Waals surface area contributed by atoms with Gasteiger partial charge in [0.1, 0.15) is 10.6 Å². The third kappa shape index (κ3) is 2.55. The topological polar surface area (TPSA) is 74.6 Å². The molecule has 2 aromatic carbocycles. The van der Waals surface area contributed by atoms with E-state index in [2.05, 4.69) is 0 Å². The number of rotatable bonds is 3. The van der Waals surface area contributed by atoms with Crippen LogP contribution in [0.3, 0.4) is 0 Å². The molecular formula is C15H16O4S. The van der Waals surface area contributed by atoms with Gasteiger partial charge in [-0.25, -0.2) is 0 Å². The fourth-order valence-electron chi connectivity index (χ4n) is 2.30. The summed E-state index contributed by atoms with van der Waals surface area (Å²) in [7, 11) is -4.51. The minimum Gasteiger partial charge on any atom is -0.506 e. The van der Waals surface area contributed by atoms with Crippen molar-refractivity contribution in [1.82, 2.24) is 0 Å². The third-order valence-electron chi connectivity index (χ3n) is 3.42. The van der Waals surface area contributed by atoms with Gasteiger partial charge < -0.3 is 5.11 Å². The molecule has 0 aliphatic carbocycles. The van der Waals surface area contributed by atoms with E-state index in [0.717, 1.165) is 5.56 Å². The van der Waals surface area contributed by atoms with Gasteiger partial charge in [0.15, 0.2) is 0 Å². The average Bonchev–Trinajstić information content (AvgIpc) is 2.38. The monoisotopic (exact) mass is 292 g/mol. The van der Waals surface area contributed by atoms with Gasteiger partial charge in [0.2, 0.25) is 0 Å². The Labute approximate surface area is 118 Å². The molecule has 4 nitrogen and oxygen atoms in total. The predicted octanol–water partition coefficient (Wildman–Crippen LogP) is 2.96. The summed E-state index contributed by atoms with van der Waals surface area (Å²) in [5, 5.41) is 9.80. The molecule has 5 heteroatoms. The van der Waals surface area contributed by atoms with Crippen LogP contribution in [0.4, 0.5) is 0 Å². The second kappa shape index (κ2) is 4.92. The zero-order valence-corrected chi connectivity index (χ0v) is 12.1. The van der Waals surface area contributed by atoms with Crippen molar-refractivity contribution in [2.75, 3.05) is 0 Å². The van der Waals surface area contributed by atoms with Gasteiger partial charge >= 0.3 is 0 Å². The Morgan fingerprint density at radius 3 is 2.10 bits per heavy atom. The maximum absolute atomic E-state index is 11.5. The summed E-state index contributed by atoms with van der Waals surface area (Å²) in [4.78, 5) is -0.436. The van der Waals surface area contributed by atoms with Crippen molar-refractivity contribution in [3.05, 3.63) is 59.7 Å². The van der Waals surface area contributed by atoms with Gasteiger partial charge in [0, 0.05) is 5.41 Å². The maximum Gasteiger partial charge on any atom is 0.298 e. The van der Waals surface area contributed by atoms with Crippen molar-refractivity contribution in [2.45, 2.75) is 24.2 Å². The molecule has 0 spiro atoms. The van der Waals surface area contributed by atoms with Crippen LogP contribution in [-0.4, -0.2) is 18.1 Å². The first-order valence-corrected chi connectivity index (χ1v) is 7.54. The molecular weight excluding hydrogens is 276 g/mol. The standard InChI is InChI=1S/C15H16O4S/c1-15(2,11-7-4-3-5-8-11)12-9-6-10-13(16)14(12)20(17,18)19/h3-10,16H,1-2H3,(H,17,18,19). The smallest absolute Gasteiger partial charge is 0.298 e. The van der Waals surface area contributed by atoms with Crippen LogP contribution < -0.4 is 0 Å². The highest BCUT2D eigenvalue weighted by Gasteiger charge is 2.31. The molecule has 2 N–H and O–H groups in total. The van der Waals surface area contributed by atoms with Crippen molar-refractivity contribution >= 4 is 10.1 Å². The molecule has 0 aromatic heterocycles. The first-order chi connectivity index (χ1) is 9.24. The van der Waals surface area contributed by atoms with Crippen LogP contribution in [0.1, 0.15) is 25.0 Å². The molecule has 0 aliphatic heterocycles. The summed E-state index contributed by atoms with van der Waals surface area (Å²) in [5.41, 5.74) is 0.562. The number of benzene rings is 2. The first-order valence-electron chi connectivity index (χ1n) is 6.10. The average molecular weight is 292 g/mol. The molecule has 20 heavy (non-hydrogen) atoms. The highest BCUT2D eigenvalue weighted by molar-refractivity contribution is 7.86. The molecule has 0 amide bonds. The van der Waals surface area contributed by atoms with E-state index in [4.69, 9.17) is 0 Å². The van der Waals surface area contributed by atoms with E-state index < -0.39 is 26.2 Å². The number of aromatic hydroxyl groups is 1. The summed E-state index contributed by atoms with van der Waals surface area (Å²) < 4.78 is 32.5. The lowest BCUT2D eigenvalue weighted by Gasteiger charge is -2.28. The minimum absolute atomic E-state index is 0.353. The summed E-state index contributed by atoms with van der Waals surface area (Å²) in [5.74, 6) is -0.450. The lowest BCUT2D eigenvalue weighted by atomic mass is 9.78. The van der Waals surface area contributed by atoms with Crippen LogP contribution in [0.25, 0.3) is 0 Å². The molecule has 106 valence electrons. The minimum atomic E-state index is -4.51. The van der Waals surface area contributed by atoms with Crippen molar-refractivity contribution in [1.29, 1.82) is 0 Å². The molecule has 0 radical (unpaired) electrons. The summed E-state index contributed by atoms with van der Waals surface area (Å²) >= 11 is 0. The zero-order chi connectivity index (χ0) is 15.0. The summed E-state index contributed by atoms with van der Waals surface area (Å²) in [6.07, 6.45) is 0. The molecule has 0 atom stereocenters. The van der Waals surface area contributed by atoms with E-state index in [1.165, 1.54) is 6.07 Å². The molecule has 0 bridgehead atoms. The van der Waals surface area contributed by atoms with Gasteiger partial charge in [-0.2, -0.15) is 8.42 Å². The fraction of sp³-hybridized carbons (Fsp3) is 0.200. The van der Waals surface area contributed by atoms with Crippen molar-refractivity contribution < 1.29 is 18.1 Å². The van der Waals surface area contributed by atoms with E-state index in [9.17, 15) is 18.1 Å². The van der Waals surface area contributed by atoms with Crippen LogP contribution in [0.5, 0.6) is 5.75 Å². The fourth-order valence-corrected chi connectivity index (χ4v) is 3.23. The second-order valence-corrected chi connectivity index (χ2v) is 6.48. The Kier molecular flexibility index (Phi) is 3.58. The lowest BCUT2D eigenvalue weighted by molar-refractivity contribution is 0.435. The molecule has 0 heterocycles. The second-order valence-electron chi connectivity index (χ2n) is 5.12. The molecule has 0 fully saturated rings. The SMILES string of the molecule is CC(C)(c1ccccc1)c1cccc(O)c1S(=O)(=O)O. The zero-order valence-electron chi connectivity index (χ0n) is 11.2. The number of hydrogen-bond donors (Lipinski definition) is 2. The van der Waals surface area contributed by atoms with E-state index >= 15 is 0 Å². The van der Waals surface area contributed by atoms with Crippen LogP contribution in [0, 0.1) is 0 Å². The van der Waals surface area contributed by atoms with E-state index in [1.807, 2.05) is 44.2 Å². The van der Waals surface area contributed by atoms with Crippen molar-refractivity contribution in [3.8, 4) is 5.75 Å². The maximum atomic E-state index is 11.5. The Hall–Kier alpha value is -1.85. The van der Waals surface area contributed by atoms with Gasteiger partial charge in [0.25, 0.3) is 10.1 Å². The van der Waals surface area contributed by atoms with Crippen LogP contribution >= 0.6 is 0 Å². The third-order valence-corrected chi connectivity index (χ3v) is 4.37. The van der Waals surface area contributed by atoms with Gasteiger partial charge in [-0.1, -0.05) is 56.3 Å². The molecule has 0 unspecified atom stereocenters.